The van der Waals surface area contributed by atoms with Crippen LogP contribution in [-0.2, 0) is 6.18 Å². The average molecular weight is 409 g/mol. The second-order valence-electron chi connectivity index (χ2n) is 8.47. The van der Waals surface area contributed by atoms with Gasteiger partial charge in [0.05, 0.1) is 5.56 Å². The molecule has 6 heteroatoms. The third kappa shape index (κ3) is 5.02. The van der Waals surface area contributed by atoms with Gasteiger partial charge in [0.15, 0.2) is 0 Å². The molecule has 2 aromatic rings. The van der Waals surface area contributed by atoms with E-state index in [2.05, 4.69) is 23.7 Å². The van der Waals surface area contributed by atoms with Gasteiger partial charge in [-0.15, -0.1) is 11.8 Å². The van der Waals surface area contributed by atoms with Crippen molar-refractivity contribution in [2.75, 3.05) is 18.0 Å². The first-order chi connectivity index (χ1) is 13.0. The van der Waals surface area contributed by atoms with Gasteiger partial charge in [-0.25, -0.2) is 4.98 Å². The Labute approximate surface area is 169 Å². The highest BCUT2D eigenvalue weighted by atomic mass is 32.2. The molecule has 28 heavy (non-hydrogen) atoms. The first kappa shape index (κ1) is 21.0. The van der Waals surface area contributed by atoms with Crippen LogP contribution in [0.5, 0.6) is 0 Å². The molecule has 0 N–H and O–H groups in total. The van der Waals surface area contributed by atoms with E-state index in [1.165, 1.54) is 24.2 Å². The van der Waals surface area contributed by atoms with Crippen LogP contribution >= 0.6 is 11.8 Å². The van der Waals surface area contributed by atoms with Crippen LogP contribution in [0.4, 0.5) is 19.0 Å². The molecule has 0 unspecified atom stereocenters. The van der Waals surface area contributed by atoms with E-state index in [-0.39, 0.29) is 15.6 Å². The Balaban J connectivity index is 1.95. The summed E-state index contributed by atoms with van der Waals surface area (Å²) < 4.78 is 40.8. The van der Waals surface area contributed by atoms with Crippen LogP contribution in [0.25, 0.3) is 11.1 Å². The van der Waals surface area contributed by atoms with Crippen molar-refractivity contribution in [1.82, 2.24) is 4.98 Å². The molecular weight excluding hydrogens is 381 g/mol. The van der Waals surface area contributed by atoms with E-state index >= 15 is 0 Å². The summed E-state index contributed by atoms with van der Waals surface area (Å²) in [6.45, 7) is 10.1. The summed E-state index contributed by atoms with van der Waals surface area (Å²) in [7, 11) is 0. The highest BCUT2D eigenvalue weighted by Gasteiger charge is 2.34. The van der Waals surface area contributed by atoms with Gasteiger partial charge in [-0.2, -0.15) is 13.2 Å². The fourth-order valence-electron chi connectivity index (χ4n) is 3.68. The standard InChI is InChI=1S/C22H27F3N2S/c1-15(2)28-19-7-6-16(12-18(19)22(23,24)25)17-8-10-26-20(13-17)27-11-5-9-21(3,4)14-27/h6-8,10,12-13,15H,5,9,11,14H2,1-4H3. The zero-order valence-electron chi connectivity index (χ0n) is 16.8. The molecular formula is C22H27F3N2S. The van der Waals surface area contributed by atoms with E-state index in [1.54, 1.807) is 24.4 Å². The SMILES string of the molecule is CC(C)Sc1ccc(-c2ccnc(N3CCCC(C)(C)C3)c2)cc1C(F)(F)F. The van der Waals surface area contributed by atoms with Gasteiger partial charge in [-0.1, -0.05) is 33.8 Å². The second kappa shape index (κ2) is 7.97. The Morgan fingerprint density at radius 2 is 1.82 bits per heavy atom. The number of hydrogen-bond acceptors (Lipinski definition) is 3. The molecule has 1 aromatic carbocycles. The van der Waals surface area contributed by atoms with Gasteiger partial charge in [0.2, 0.25) is 0 Å². The second-order valence-corrected chi connectivity index (χ2v) is 10.1. The summed E-state index contributed by atoms with van der Waals surface area (Å²) in [6, 6.07) is 8.32. The number of thioether (sulfide) groups is 1. The average Bonchev–Trinajstić information content (AvgIpc) is 2.60. The lowest BCUT2D eigenvalue weighted by atomic mass is 9.84. The van der Waals surface area contributed by atoms with E-state index in [1.807, 2.05) is 19.9 Å². The van der Waals surface area contributed by atoms with Crippen molar-refractivity contribution < 1.29 is 13.2 Å². The summed E-state index contributed by atoms with van der Waals surface area (Å²) >= 11 is 1.24. The molecule has 1 aromatic heterocycles. The van der Waals surface area contributed by atoms with Gasteiger partial charge in [-0.05, 0) is 53.6 Å². The molecule has 0 saturated carbocycles. The van der Waals surface area contributed by atoms with Crippen LogP contribution in [0, 0.1) is 5.41 Å². The van der Waals surface area contributed by atoms with E-state index in [4.69, 9.17) is 0 Å². The minimum Gasteiger partial charge on any atom is -0.356 e. The number of piperidine rings is 1. The first-order valence-electron chi connectivity index (χ1n) is 9.64. The minimum absolute atomic E-state index is 0.0851. The van der Waals surface area contributed by atoms with Gasteiger partial charge in [0.25, 0.3) is 0 Å². The van der Waals surface area contributed by atoms with Crippen molar-refractivity contribution >= 4 is 17.6 Å². The number of halogens is 3. The van der Waals surface area contributed by atoms with E-state index in [0.29, 0.717) is 5.56 Å². The molecule has 0 amide bonds. The highest BCUT2D eigenvalue weighted by Crippen LogP contribution is 2.40. The van der Waals surface area contributed by atoms with E-state index in [0.717, 1.165) is 30.9 Å². The van der Waals surface area contributed by atoms with E-state index in [9.17, 15) is 13.2 Å². The number of hydrogen-bond donors (Lipinski definition) is 0. The molecule has 0 bridgehead atoms. The maximum Gasteiger partial charge on any atom is 0.417 e. The number of anilines is 1. The van der Waals surface area contributed by atoms with Gasteiger partial charge < -0.3 is 4.90 Å². The Morgan fingerprint density at radius 1 is 1.11 bits per heavy atom. The summed E-state index contributed by atoms with van der Waals surface area (Å²) in [5, 5.41) is 0.0851. The van der Waals surface area contributed by atoms with E-state index < -0.39 is 11.7 Å². The Morgan fingerprint density at radius 3 is 2.46 bits per heavy atom. The molecule has 152 valence electrons. The first-order valence-corrected chi connectivity index (χ1v) is 10.5. The largest absolute Gasteiger partial charge is 0.417 e. The molecule has 0 radical (unpaired) electrons. The van der Waals surface area contributed by atoms with Crippen LogP contribution in [0.15, 0.2) is 41.4 Å². The molecule has 2 heterocycles. The highest BCUT2D eigenvalue weighted by molar-refractivity contribution is 8.00. The lowest BCUT2D eigenvalue weighted by Gasteiger charge is -2.38. The third-order valence-electron chi connectivity index (χ3n) is 4.95. The Kier molecular flexibility index (Phi) is 5.99. The molecule has 3 rings (SSSR count). The van der Waals surface area contributed by atoms with Crippen LogP contribution in [-0.4, -0.2) is 23.3 Å². The predicted molar refractivity (Wildman–Crippen MR) is 111 cm³/mol. The number of nitrogens with zero attached hydrogens (tertiary/aromatic N) is 2. The maximum atomic E-state index is 13.6. The van der Waals surface area contributed by atoms with Crippen LogP contribution in [0.3, 0.4) is 0 Å². The van der Waals surface area contributed by atoms with Crippen molar-refractivity contribution in [3.05, 3.63) is 42.1 Å². The molecule has 1 aliphatic heterocycles. The number of pyridine rings is 1. The minimum atomic E-state index is -4.38. The summed E-state index contributed by atoms with van der Waals surface area (Å²) in [4.78, 5) is 6.99. The summed E-state index contributed by atoms with van der Waals surface area (Å²) in [6.07, 6.45) is -0.415. The molecule has 2 nitrogen and oxygen atoms in total. The Bertz CT molecular complexity index is 831. The van der Waals surface area contributed by atoms with Crippen LogP contribution in [0.2, 0.25) is 0 Å². The maximum absolute atomic E-state index is 13.6. The van der Waals surface area contributed by atoms with Crippen molar-refractivity contribution in [2.45, 2.75) is 56.9 Å². The number of aromatic nitrogens is 1. The van der Waals surface area contributed by atoms with Gasteiger partial charge in [0, 0.05) is 29.4 Å². The van der Waals surface area contributed by atoms with Crippen molar-refractivity contribution in [3.8, 4) is 11.1 Å². The molecule has 1 fully saturated rings. The van der Waals surface area contributed by atoms with Gasteiger partial charge >= 0.3 is 6.18 Å². The Hall–Kier alpha value is -1.69. The molecule has 0 spiro atoms. The fraction of sp³-hybridized carbons (Fsp3) is 0.500. The lowest BCUT2D eigenvalue weighted by molar-refractivity contribution is -0.139. The monoisotopic (exact) mass is 408 g/mol. The normalized spacial score (nSPS) is 17.2. The molecule has 1 aliphatic rings. The van der Waals surface area contributed by atoms with Gasteiger partial charge in [0.1, 0.15) is 5.82 Å². The third-order valence-corrected chi connectivity index (χ3v) is 6.03. The zero-order valence-corrected chi connectivity index (χ0v) is 17.6. The molecule has 0 aliphatic carbocycles. The lowest BCUT2D eigenvalue weighted by Crippen LogP contribution is -2.40. The van der Waals surface area contributed by atoms with Crippen LogP contribution in [0.1, 0.15) is 46.1 Å². The fourth-order valence-corrected chi connectivity index (χ4v) is 4.63. The predicted octanol–water partition coefficient (Wildman–Crippen LogP) is 6.89. The number of rotatable bonds is 4. The summed E-state index contributed by atoms with van der Waals surface area (Å²) in [5.41, 5.74) is 0.983. The molecule has 0 atom stereocenters. The topological polar surface area (TPSA) is 16.1 Å². The van der Waals surface area contributed by atoms with Crippen molar-refractivity contribution in [3.63, 3.8) is 0 Å². The molecule has 1 saturated heterocycles. The number of benzene rings is 1. The summed E-state index contributed by atoms with van der Waals surface area (Å²) in [5.74, 6) is 0.833. The quantitative estimate of drug-likeness (QED) is 0.512. The zero-order chi connectivity index (χ0) is 20.5. The van der Waals surface area contributed by atoms with Crippen molar-refractivity contribution in [2.24, 2.45) is 5.41 Å². The smallest absolute Gasteiger partial charge is 0.356 e. The van der Waals surface area contributed by atoms with Crippen LogP contribution < -0.4 is 4.90 Å². The number of alkyl halides is 3. The van der Waals surface area contributed by atoms with Gasteiger partial charge in [-0.3, -0.25) is 0 Å². The van der Waals surface area contributed by atoms with Crippen molar-refractivity contribution in [1.29, 1.82) is 0 Å².